The molecule has 0 atom stereocenters. The van der Waals surface area contributed by atoms with Gasteiger partial charge in [0.2, 0.25) is 5.91 Å². The number of nitrogens with zero attached hydrogens (tertiary/aromatic N) is 3. The molecular formula is C17H20FN3OS3. The molecule has 1 heterocycles. The number of thioether (sulfide) groups is 1. The SMILES string of the molecule is CN(C(=O)CSc1nn(-c2ccc(F)cc2)c(=S)s1)C1CCCCC1. The number of benzene rings is 1. The number of carbonyl (C=O) groups is 1. The van der Waals surface area contributed by atoms with Crippen molar-refractivity contribution in [2.75, 3.05) is 12.8 Å². The van der Waals surface area contributed by atoms with Crippen molar-refractivity contribution in [2.45, 2.75) is 42.5 Å². The summed E-state index contributed by atoms with van der Waals surface area (Å²) in [6.45, 7) is 0. The van der Waals surface area contributed by atoms with E-state index >= 15 is 0 Å². The molecule has 25 heavy (non-hydrogen) atoms. The number of aromatic nitrogens is 2. The van der Waals surface area contributed by atoms with Crippen molar-refractivity contribution in [1.29, 1.82) is 0 Å². The van der Waals surface area contributed by atoms with Crippen LogP contribution in [-0.2, 0) is 4.79 Å². The molecule has 1 fully saturated rings. The summed E-state index contributed by atoms with van der Waals surface area (Å²) in [4.78, 5) is 14.3. The van der Waals surface area contributed by atoms with E-state index in [1.165, 1.54) is 54.5 Å². The van der Waals surface area contributed by atoms with Crippen LogP contribution >= 0.6 is 35.3 Å². The van der Waals surface area contributed by atoms with Crippen molar-refractivity contribution < 1.29 is 9.18 Å². The fourth-order valence-electron chi connectivity index (χ4n) is 2.96. The predicted octanol–water partition coefficient (Wildman–Crippen LogP) is 4.69. The Morgan fingerprint density at radius 3 is 2.72 bits per heavy atom. The highest BCUT2D eigenvalue weighted by atomic mass is 32.2. The van der Waals surface area contributed by atoms with E-state index in [1.807, 2.05) is 11.9 Å². The fraction of sp³-hybridized carbons (Fsp3) is 0.471. The van der Waals surface area contributed by atoms with Gasteiger partial charge >= 0.3 is 0 Å². The monoisotopic (exact) mass is 397 g/mol. The molecule has 0 N–H and O–H groups in total. The second-order valence-corrected chi connectivity index (χ2v) is 8.95. The van der Waals surface area contributed by atoms with Crippen LogP contribution < -0.4 is 0 Å². The number of hydrogen-bond acceptors (Lipinski definition) is 5. The first-order chi connectivity index (χ1) is 12.0. The van der Waals surface area contributed by atoms with E-state index < -0.39 is 0 Å². The lowest BCUT2D eigenvalue weighted by atomic mass is 9.94. The maximum atomic E-state index is 13.0. The van der Waals surface area contributed by atoms with Gasteiger partial charge in [-0.2, -0.15) is 0 Å². The van der Waals surface area contributed by atoms with Crippen molar-refractivity contribution in [3.63, 3.8) is 0 Å². The molecule has 134 valence electrons. The van der Waals surface area contributed by atoms with Crippen LogP contribution in [0.2, 0.25) is 0 Å². The van der Waals surface area contributed by atoms with Gasteiger partial charge in [-0.25, -0.2) is 9.07 Å². The number of halogens is 1. The summed E-state index contributed by atoms with van der Waals surface area (Å²) in [5.74, 6) is 0.196. The Hall–Kier alpha value is -1.25. The zero-order valence-electron chi connectivity index (χ0n) is 14.0. The van der Waals surface area contributed by atoms with Crippen LogP contribution in [0, 0.1) is 9.77 Å². The number of amides is 1. The molecule has 0 bridgehead atoms. The average molecular weight is 398 g/mol. The van der Waals surface area contributed by atoms with E-state index in [-0.39, 0.29) is 11.7 Å². The predicted molar refractivity (Wildman–Crippen MR) is 103 cm³/mol. The van der Waals surface area contributed by atoms with E-state index in [0.29, 0.717) is 15.7 Å². The molecule has 1 aliphatic carbocycles. The Kier molecular flexibility index (Phi) is 6.24. The summed E-state index contributed by atoms with van der Waals surface area (Å²) in [7, 11) is 1.90. The lowest BCUT2D eigenvalue weighted by Gasteiger charge is -2.31. The molecule has 3 rings (SSSR count). The van der Waals surface area contributed by atoms with Crippen LogP contribution in [0.4, 0.5) is 4.39 Å². The molecule has 1 saturated carbocycles. The number of rotatable bonds is 5. The van der Waals surface area contributed by atoms with Crippen molar-refractivity contribution >= 4 is 41.2 Å². The maximum Gasteiger partial charge on any atom is 0.233 e. The molecule has 0 radical (unpaired) electrons. The van der Waals surface area contributed by atoms with E-state index in [4.69, 9.17) is 12.2 Å². The zero-order chi connectivity index (χ0) is 17.8. The highest BCUT2D eigenvalue weighted by molar-refractivity contribution is 8.01. The Labute approximate surface area is 160 Å². The average Bonchev–Trinajstić information content (AvgIpc) is 3.01. The quantitative estimate of drug-likeness (QED) is 0.542. The lowest BCUT2D eigenvalue weighted by molar-refractivity contribution is -0.129. The summed E-state index contributed by atoms with van der Waals surface area (Å²) in [5.41, 5.74) is 0.722. The Bertz CT molecular complexity index is 781. The first kappa shape index (κ1) is 18.5. The van der Waals surface area contributed by atoms with Gasteiger partial charge in [-0.05, 0) is 49.3 Å². The van der Waals surface area contributed by atoms with Crippen molar-refractivity contribution in [3.8, 4) is 5.69 Å². The van der Waals surface area contributed by atoms with E-state index in [2.05, 4.69) is 5.10 Å². The van der Waals surface area contributed by atoms with E-state index in [1.54, 1.807) is 16.8 Å². The topological polar surface area (TPSA) is 38.1 Å². The van der Waals surface area contributed by atoms with Crippen molar-refractivity contribution in [2.24, 2.45) is 0 Å². The van der Waals surface area contributed by atoms with Gasteiger partial charge in [0, 0.05) is 13.1 Å². The van der Waals surface area contributed by atoms with Crippen molar-refractivity contribution in [3.05, 3.63) is 34.0 Å². The standard InChI is InChI=1S/C17H20FN3OS3/c1-20(13-5-3-2-4-6-13)15(22)11-24-16-19-21(17(23)25-16)14-9-7-12(18)8-10-14/h7-10,13H,2-6,11H2,1H3. The maximum absolute atomic E-state index is 13.0. The van der Waals surface area contributed by atoms with Gasteiger partial charge in [0.1, 0.15) is 5.82 Å². The van der Waals surface area contributed by atoms with Gasteiger partial charge in [-0.3, -0.25) is 4.79 Å². The normalized spacial score (nSPS) is 15.3. The summed E-state index contributed by atoms with van der Waals surface area (Å²) in [6.07, 6.45) is 5.89. The molecule has 1 aliphatic rings. The van der Waals surface area contributed by atoms with Crippen molar-refractivity contribution in [1.82, 2.24) is 14.7 Å². The Morgan fingerprint density at radius 1 is 1.36 bits per heavy atom. The smallest absolute Gasteiger partial charge is 0.233 e. The number of hydrogen-bond donors (Lipinski definition) is 0. The third-order valence-corrected chi connectivity index (χ3v) is 6.79. The highest BCUT2D eigenvalue weighted by Gasteiger charge is 2.22. The minimum Gasteiger partial charge on any atom is -0.342 e. The molecule has 0 saturated heterocycles. The molecule has 2 aromatic rings. The van der Waals surface area contributed by atoms with Gasteiger partial charge in [0.15, 0.2) is 8.29 Å². The van der Waals surface area contributed by atoms with Gasteiger partial charge in [-0.1, -0.05) is 42.4 Å². The highest BCUT2D eigenvalue weighted by Crippen LogP contribution is 2.26. The number of carbonyl (C=O) groups excluding carboxylic acids is 1. The molecule has 1 amide bonds. The molecule has 8 heteroatoms. The van der Waals surface area contributed by atoms with Gasteiger partial charge < -0.3 is 4.90 Å². The molecular weight excluding hydrogens is 377 g/mol. The zero-order valence-corrected chi connectivity index (χ0v) is 16.4. The third kappa shape index (κ3) is 4.68. The van der Waals surface area contributed by atoms with E-state index in [0.717, 1.165) is 22.9 Å². The van der Waals surface area contributed by atoms with Gasteiger partial charge in [0.05, 0.1) is 11.4 Å². The summed E-state index contributed by atoms with van der Waals surface area (Å²) < 4.78 is 16.0. The first-order valence-corrected chi connectivity index (χ1v) is 10.5. The molecule has 1 aromatic carbocycles. The fourth-order valence-corrected chi connectivity index (χ4v) is 5.25. The van der Waals surface area contributed by atoms with Gasteiger partial charge in [0.25, 0.3) is 0 Å². The van der Waals surface area contributed by atoms with E-state index in [9.17, 15) is 9.18 Å². The minimum absolute atomic E-state index is 0.131. The van der Waals surface area contributed by atoms with Crippen LogP contribution in [0.3, 0.4) is 0 Å². The second-order valence-electron chi connectivity index (χ2n) is 6.11. The first-order valence-electron chi connectivity index (χ1n) is 8.29. The minimum atomic E-state index is -0.295. The van der Waals surface area contributed by atoms with Crippen LogP contribution in [0.1, 0.15) is 32.1 Å². The summed E-state index contributed by atoms with van der Waals surface area (Å²) in [5, 5.41) is 4.45. The Balaban J connectivity index is 1.62. The summed E-state index contributed by atoms with van der Waals surface area (Å²) in [6, 6.07) is 6.41. The Morgan fingerprint density at radius 2 is 2.04 bits per heavy atom. The molecule has 0 aliphatic heterocycles. The third-order valence-electron chi connectivity index (χ3n) is 4.44. The van der Waals surface area contributed by atoms with Crippen LogP contribution in [0.15, 0.2) is 28.6 Å². The second kappa shape index (κ2) is 8.42. The molecule has 0 spiro atoms. The van der Waals surface area contributed by atoms with Crippen LogP contribution in [-0.4, -0.2) is 39.4 Å². The lowest BCUT2D eigenvalue weighted by Crippen LogP contribution is -2.39. The molecule has 4 nitrogen and oxygen atoms in total. The molecule has 1 aromatic heterocycles. The largest absolute Gasteiger partial charge is 0.342 e. The summed E-state index contributed by atoms with van der Waals surface area (Å²) >= 11 is 8.11. The molecule has 0 unspecified atom stereocenters. The van der Waals surface area contributed by atoms with Crippen LogP contribution in [0.25, 0.3) is 5.69 Å². The van der Waals surface area contributed by atoms with Gasteiger partial charge in [-0.15, -0.1) is 5.10 Å². The van der Waals surface area contributed by atoms with Crippen LogP contribution in [0.5, 0.6) is 0 Å².